The van der Waals surface area contributed by atoms with E-state index in [0.717, 1.165) is 45.6 Å². The number of aromatic nitrogens is 3. The van der Waals surface area contributed by atoms with Crippen molar-refractivity contribution in [1.29, 1.82) is 0 Å². The van der Waals surface area contributed by atoms with E-state index in [1.807, 2.05) is 46.8 Å². The first kappa shape index (κ1) is 20.8. The van der Waals surface area contributed by atoms with E-state index in [1.54, 1.807) is 17.7 Å². The second-order valence-corrected chi connectivity index (χ2v) is 9.55. The zero-order valence-electron chi connectivity index (χ0n) is 17.7. The van der Waals surface area contributed by atoms with Crippen LogP contribution < -0.4 is 9.64 Å². The molecule has 0 unspecified atom stereocenters. The van der Waals surface area contributed by atoms with Crippen molar-refractivity contribution in [3.05, 3.63) is 63.7 Å². The van der Waals surface area contributed by atoms with Crippen LogP contribution in [0.4, 0.5) is 5.82 Å². The Labute approximate surface area is 194 Å². The number of carbonyl (C=O) groups excluding carboxylic acids is 1. The molecule has 0 spiro atoms. The van der Waals surface area contributed by atoms with E-state index in [0.29, 0.717) is 26.1 Å². The summed E-state index contributed by atoms with van der Waals surface area (Å²) in [5.74, 6) is 1.90. The van der Waals surface area contributed by atoms with Gasteiger partial charge in [0.25, 0.3) is 0 Å². The van der Waals surface area contributed by atoms with E-state index in [4.69, 9.17) is 4.74 Å². The molecule has 0 N–H and O–H groups in total. The van der Waals surface area contributed by atoms with Crippen LogP contribution in [-0.2, 0) is 17.8 Å². The molecule has 0 radical (unpaired) electrons. The quantitative estimate of drug-likeness (QED) is 0.430. The van der Waals surface area contributed by atoms with Crippen molar-refractivity contribution in [2.45, 2.75) is 20.0 Å². The predicted molar refractivity (Wildman–Crippen MR) is 128 cm³/mol. The molecule has 9 heteroatoms. The van der Waals surface area contributed by atoms with Crippen LogP contribution >= 0.6 is 22.7 Å². The summed E-state index contributed by atoms with van der Waals surface area (Å²) >= 11 is 3.15. The van der Waals surface area contributed by atoms with Gasteiger partial charge in [0.15, 0.2) is 0 Å². The molecule has 1 aliphatic heterocycles. The maximum absolute atomic E-state index is 12.8. The van der Waals surface area contributed by atoms with E-state index in [1.165, 1.54) is 16.9 Å². The lowest BCUT2D eigenvalue weighted by atomic mass is 10.2. The molecule has 0 atom stereocenters. The molecule has 0 aliphatic carbocycles. The topological polar surface area (TPSA) is 71.5 Å². The SMILES string of the molecule is Cc1ccc(OCc2nc(CC(=O)N3CCN(c4ncnc5sccc45)CC3)cs2)cc1. The number of amides is 1. The highest BCUT2D eigenvalue weighted by Gasteiger charge is 2.24. The average molecular weight is 466 g/mol. The van der Waals surface area contributed by atoms with Crippen LogP contribution in [0.25, 0.3) is 10.2 Å². The lowest BCUT2D eigenvalue weighted by molar-refractivity contribution is -0.130. The van der Waals surface area contributed by atoms with Crippen molar-refractivity contribution in [2.24, 2.45) is 0 Å². The fourth-order valence-corrected chi connectivity index (χ4v) is 5.17. The first-order valence-corrected chi connectivity index (χ1v) is 12.3. The van der Waals surface area contributed by atoms with Crippen molar-refractivity contribution in [2.75, 3.05) is 31.1 Å². The van der Waals surface area contributed by atoms with E-state index in [9.17, 15) is 4.79 Å². The molecule has 1 amide bonds. The molecule has 4 heterocycles. The Morgan fingerprint density at radius 3 is 2.69 bits per heavy atom. The third kappa shape index (κ3) is 4.58. The summed E-state index contributed by atoms with van der Waals surface area (Å²) in [6.07, 6.45) is 1.94. The van der Waals surface area contributed by atoms with Crippen molar-refractivity contribution in [3.8, 4) is 5.75 Å². The molecule has 3 aromatic heterocycles. The predicted octanol–water partition coefficient (Wildman–Crippen LogP) is 3.93. The fraction of sp³-hybridized carbons (Fsp3) is 0.304. The molecule has 4 aromatic rings. The van der Waals surface area contributed by atoms with Gasteiger partial charge in [-0.2, -0.15) is 0 Å². The summed E-state index contributed by atoms with van der Waals surface area (Å²) in [6, 6.07) is 10.0. The van der Waals surface area contributed by atoms with E-state index in [2.05, 4.69) is 25.9 Å². The average Bonchev–Trinajstić information content (AvgIpc) is 3.48. The number of thiazole rings is 1. The fourth-order valence-electron chi connectivity index (χ4n) is 3.74. The van der Waals surface area contributed by atoms with Crippen LogP contribution in [0.5, 0.6) is 5.75 Å². The largest absolute Gasteiger partial charge is 0.486 e. The molecule has 32 heavy (non-hydrogen) atoms. The first-order valence-electron chi connectivity index (χ1n) is 10.5. The van der Waals surface area contributed by atoms with Gasteiger partial charge in [0.05, 0.1) is 17.5 Å². The number of thiophene rings is 1. The molecular weight excluding hydrogens is 442 g/mol. The standard InChI is InChI=1S/C23H23N5O2S2/c1-16-2-4-18(5-3-16)30-13-20-26-17(14-32-20)12-21(29)27-7-9-28(10-8-27)22-19-6-11-31-23(19)25-15-24-22/h2-6,11,14-15H,7-10,12-13H2,1H3. The Morgan fingerprint density at radius 1 is 1.06 bits per heavy atom. The normalized spacial score (nSPS) is 14.2. The number of piperazine rings is 1. The second-order valence-electron chi connectivity index (χ2n) is 7.72. The molecule has 0 saturated carbocycles. The van der Waals surface area contributed by atoms with Gasteiger partial charge >= 0.3 is 0 Å². The van der Waals surface area contributed by atoms with Gasteiger partial charge in [-0.25, -0.2) is 15.0 Å². The highest BCUT2D eigenvalue weighted by atomic mass is 32.1. The summed E-state index contributed by atoms with van der Waals surface area (Å²) in [7, 11) is 0. The van der Waals surface area contributed by atoms with Gasteiger partial charge in [0.2, 0.25) is 5.91 Å². The number of ether oxygens (including phenoxy) is 1. The van der Waals surface area contributed by atoms with E-state index < -0.39 is 0 Å². The first-order chi connectivity index (χ1) is 15.7. The minimum Gasteiger partial charge on any atom is -0.486 e. The lowest BCUT2D eigenvalue weighted by Gasteiger charge is -2.35. The lowest BCUT2D eigenvalue weighted by Crippen LogP contribution is -2.49. The Balaban J connectivity index is 1.13. The Kier molecular flexibility index (Phi) is 6.00. The van der Waals surface area contributed by atoms with E-state index >= 15 is 0 Å². The Bertz CT molecular complexity index is 1210. The minimum absolute atomic E-state index is 0.115. The minimum atomic E-state index is 0.115. The second kappa shape index (κ2) is 9.22. The molecule has 1 aromatic carbocycles. The van der Waals surface area contributed by atoms with Crippen molar-refractivity contribution in [1.82, 2.24) is 19.9 Å². The van der Waals surface area contributed by atoms with Crippen LogP contribution in [0.1, 0.15) is 16.3 Å². The molecule has 0 bridgehead atoms. The number of hydrogen-bond donors (Lipinski definition) is 0. The zero-order chi connectivity index (χ0) is 21.9. The summed E-state index contributed by atoms with van der Waals surface area (Å²) in [4.78, 5) is 31.4. The highest BCUT2D eigenvalue weighted by molar-refractivity contribution is 7.16. The number of anilines is 1. The van der Waals surface area contributed by atoms with Gasteiger partial charge in [-0.05, 0) is 30.5 Å². The van der Waals surface area contributed by atoms with Gasteiger partial charge in [0.1, 0.15) is 34.3 Å². The summed E-state index contributed by atoms with van der Waals surface area (Å²) in [5.41, 5.74) is 2.01. The van der Waals surface area contributed by atoms with Crippen molar-refractivity contribution >= 4 is 44.6 Å². The van der Waals surface area contributed by atoms with Crippen LogP contribution in [0, 0.1) is 6.92 Å². The van der Waals surface area contributed by atoms with Gasteiger partial charge in [-0.1, -0.05) is 17.7 Å². The molecule has 164 valence electrons. The van der Waals surface area contributed by atoms with Crippen LogP contribution in [0.15, 0.2) is 47.4 Å². The zero-order valence-corrected chi connectivity index (χ0v) is 19.4. The van der Waals surface area contributed by atoms with Crippen molar-refractivity contribution < 1.29 is 9.53 Å². The van der Waals surface area contributed by atoms with Gasteiger partial charge < -0.3 is 14.5 Å². The highest BCUT2D eigenvalue weighted by Crippen LogP contribution is 2.27. The number of nitrogens with zero attached hydrogens (tertiary/aromatic N) is 5. The summed E-state index contributed by atoms with van der Waals surface area (Å²) in [5, 5.41) is 5.95. The van der Waals surface area contributed by atoms with Crippen LogP contribution in [0.3, 0.4) is 0 Å². The molecular formula is C23H23N5O2S2. The van der Waals surface area contributed by atoms with Gasteiger partial charge in [-0.3, -0.25) is 4.79 Å². The number of aryl methyl sites for hydroxylation is 1. The van der Waals surface area contributed by atoms with Gasteiger partial charge in [-0.15, -0.1) is 22.7 Å². The number of benzene rings is 1. The number of carbonyl (C=O) groups is 1. The third-order valence-corrected chi connectivity index (χ3v) is 7.18. The Hall–Kier alpha value is -3.04. The molecule has 5 rings (SSSR count). The van der Waals surface area contributed by atoms with Crippen LogP contribution in [0.2, 0.25) is 0 Å². The summed E-state index contributed by atoms with van der Waals surface area (Å²) in [6.45, 7) is 5.35. The number of hydrogen-bond acceptors (Lipinski definition) is 8. The molecule has 1 aliphatic rings. The Morgan fingerprint density at radius 2 is 1.88 bits per heavy atom. The summed E-state index contributed by atoms with van der Waals surface area (Å²) < 4.78 is 5.80. The molecule has 1 fully saturated rings. The maximum atomic E-state index is 12.8. The third-order valence-electron chi connectivity index (χ3n) is 5.49. The van der Waals surface area contributed by atoms with Gasteiger partial charge in [0, 0.05) is 31.6 Å². The smallest absolute Gasteiger partial charge is 0.228 e. The number of fused-ring (bicyclic) bond motifs is 1. The maximum Gasteiger partial charge on any atom is 0.228 e. The molecule has 1 saturated heterocycles. The monoisotopic (exact) mass is 465 g/mol. The molecule has 7 nitrogen and oxygen atoms in total. The van der Waals surface area contributed by atoms with Crippen LogP contribution in [-0.4, -0.2) is 51.9 Å². The van der Waals surface area contributed by atoms with E-state index in [-0.39, 0.29) is 5.91 Å². The number of rotatable bonds is 6. The van der Waals surface area contributed by atoms with Crippen molar-refractivity contribution in [3.63, 3.8) is 0 Å².